The second kappa shape index (κ2) is 7.16. The highest BCUT2D eigenvalue weighted by Gasteiger charge is 2.30. The van der Waals surface area contributed by atoms with Gasteiger partial charge in [-0.05, 0) is 43.2 Å². The predicted molar refractivity (Wildman–Crippen MR) is 103 cm³/mol. The van der Waals surface area contributed by atoms with Crippen molar-refractivity contribution in [2.45, 2.75) is 25.3 Å². The molecule has 1 aromatic heterocycles. The number of benzene rings is 2. The van der Waals surface area contributed by atoms with E-state index in [-0.39, 0.29) is 12.5 Å². The third kappa shape index (κ3) is 3.60. The van der Waals surface area contributed by atoms with Crippen LogP contribution >= 0.6 is 11.6 Å². The average molecular weight is 384 g/mol. The van der Waals surface area contributed by atoms with Gasteiger partial charge in [0.2, 0.25) is 0 Å². The van der Waals surface area contributed by atoms with E-state index in [2.05, 4.69) is 5.10 Å². The first kappa shape index (κ1) is 17.7. The number of hydrogen-bond acceptors (Lipinski definition) is 2. The van der Waals surface area contributed by atoms with Gasteiger partial charge >= 0.3 is 0 Å². The second-order valence-corrected chi connectivity index (χ2v) is 7.24. The van der Waals surface area contributed by atoms with Crippen LogP contribution in [-0.4, -0.2) is 27.6 Å². The molecule has 3 aromatic rings. The molecule has 1 aliphatic carbocycles. The summed E-state index contributed by atoms with van der Waals surface area (Å²) in [6.07, 6.45) is 2.19. The zero-order valence-electron chi connectivity index (χ0n) is 14.9. The molecule has 0 atom stereocenters. The molecule has 4 nitrogen and oxygen atoms in total. The van der Waals surface area contributed by atoms with Crippen LogP contribution in [0, 0.1) is 5.82 Å². The van der Waals surface area contributed by atoms with E-state index in [0.29, 0.717) is 22.2 Å². The highest BCUT2D eigenvalue weighted by atomic mass is 35.5. The Morgan fingerprint density at radius 3 is 2.63 bits per heavy atom. The Kier molecular flexibility index (Phi) is 4.70. The van der Waals surface area contributed by atoms with E-state index in [1.54, 1.807) is 23.9 Å². The number of carbonyl (C=O) groups is 1. The third-order valence-electron chi connectivity index (χ3n) is 4.75. The summed E-state index contributed by atoms with van der Waals surface area (Å²) in [5, 5.41) is 4.97. The maximum absolute atomic E-state index is 14.1. The van der Waals surface area contributed by atoms with Gasteiger partial charge in [-0.1, -0.05) is 35.9 Å². The summed E-state index contributed by atoms with van der Waals surface area (Å²) in [6.45, 7) is 0.0864. The molecule has 0 aliphatic heterocycles. The number of hydrogen-bond donors (Lipinski definition) is 0. The largest absolute Gasteiger partial charge is 0.336 e. The van der Waals surface area contributed by atoms with Gasteiger partial charge in [0, 0.05) is 23.6 Å². The first-order valence-corrected chi connectivity index (χ1v) is 9.26. The minimum atomic E-state index is -0.419. The normalized spacial score (nSPS) is 13.6. The van der Waals surface area contributed by atoms with Gasteiger partial charge in [-0.25, -0.2) is 9.07 Å². The Morgan fingerprint density at radius 1 is 1.22 bits per heavy atom. The van der Waals surface area contributed by atoms with Gasteiger partial charge < -0.3 is 4.90 Å². The molecule has 1 amide bonds. The van der Waals surface area contributed by atoms with Crippen molar-refractivity contribution >= 4 is 17.5 Å². The van der Waals surface area contributed by atoms with E-state index in [4.69, 9.17) is 11.6 Å². The molecule has 27 heavy (non-hydrogen) atoms. The fourth-order valence-corrected chi connectivity index (χ4v) is 3.31. The highest BCUT2D eigenvalue weighted by molar-refractivity contribution is 6.31. The first-order valence-electron chi connectivity index (χ1n) is 8.88. The van der Waals surface area contributed by atoms with Gasteiger partial charge in [-0.2, -0.15) is 5.10 Å². The second-order valence-electron chi connectivity index (χ2n) is 6.84. The summed E-state index contributed by atoms with van der Waals surface area (Å²) >= 11 is 6.11. The maximum Gasteiger partial charge on any atom is 0.272 e. The molecule has 1 heterocycles. The van der Waals surface area contributed by atoms with Crippen LogP contribution in [0.1, 0.15) is 40.5 Å². The molecule has 1 fully saturated rings. The Hall–Kier alpha value is -2.66. The maximum atomic E-state index is 14.1. The van der Waals surface area contributed by atoms with E-state index < -0.39 is 5.82 Å². The van der Waals surface area contributed by atoms with Gasteiger partial charge in [-0.15, -0.1) is 0 Å². The predicted octanol–water partition coefficient (Wildman–Crippen LogP) is 4.81. The molecule has 1 saturated carbocycles. The molecular weight excluding hydrogens is 365 g/mol. The number of amides is 1. The lowest BCUT2D eigenvalue weighted by Crippen LogP contribution is -2.28. The van der Waals surface area contributed by atoms with Crippen LogP contribution in [0.5, 0.6) is 0 Å². The van der Waals surface area contributed by atoms with Gasteiger partial charge in [0.05, 0.1) is 17.9 Å². The highest BCUT2D eigenvalue weighted by Crippen LogP contribution is 2.40. The van der Waals surface area contributed by atoms with Crippen molar-refractivity contribution in [3.8, 4) is 5.69 Å². The number of halogens is 2. The number of carbonyl (C=O) groups excluding carboxylic acids is 1. The standard InChI is InChI=1S/C21H19ClFN3O/c1-25(13-16-17(22)8-5-9-18(16)23)21(27)20-12-19(14-10-11-14)24-26(20)15-6-3-2-4-7-15/h2-9,12,14H,10-11,13H2,1H3. The van der Waals surface area contributed by atoms with E-state index in [1.165, 1.54) is 11.0 Å². The van der Waals surface area contributed by atoms with Crippen molar-refractivity contribution in [1.82, 2.24) is 14.7 Å². The molecule has 0 radical (unpaired) electrons. The smallest absolute Gasteiger partial charge is 0.272 e. The number of nitrogens with zero attached hydrogens (tertiary/aromatic N) is 3. The average Bonchev–Trinajstić information content (AvgIpc) is 3.43. The van der Waals surface area contributed by atoms with Crippen molar-refractivity contribution in [3.05, 3.63) is 82.4 Å². The quantitative estimate of drug-likeness (QED) is 0.633. The fourth-order valence-electron chi connectivity index (χ4n) is 3.08. The minimum absolute atomic E-state index is 0.0864. The molecule has 0 bridgehead atoms. The summed E-state index contributed by atoms with van der Waals surface area (Å²) in [4.78, 5) is 14.6. The van der Waals surface area contributed by atoms with Crippen molar-refractivity contribution in [3.63, 3.8) is 0 Å². The third-order valence-corrected chi connectivity index (χ3v) is 5.10. The zero-order chi connectivity index (χ0) is 19.0. The molecule has 0 N–H and O–H groups in total. The summed E-state index contributed by atoms with van der Waals surface area (Å²) in [7, 11) is 1.64. The van der Waals surface area contributed by atoms with Crippen LogP contribution in [0.2, 0.25) is 5.02 Å². The van der Waals surface area contributed by atoms with Crippen molar-refractivity contribution in [1.29, 1.82) is 0 Å². The fraction of sp³-hybridized carbons (Fsp3) is 0.238. The van der Waals surface area contributed by atoms with Gasteiger partial charge in [0.15, 0.2) is 0 Å². The minimum Gasteiger partial charge on any atom is -0.336 e. The van der Waals surface area contributed by atoms with Crippen LogP contribution in [-0.2, 0) is 6.54 Å². The summed E-state index contributed by atoms with van der Waals surface area (Å²) < 4.78 is 15.8. The molecule has 6 heteroatoms. The Morgan fingerprint density at radius 2 is 1.96 bits per heavy atom. The Labute approximate surface area is 162 Å². The van der Waals surface area contributed by atoms with Crippen molar-refractivity contribution in [2.75, 3.05) is 7.05 Å². The van der Waals surface area contributed by atoms with Crippen LogP contribution in [0.15, 0.2) is 54.6 Å². The molecule has 1 aliphatic rings. The molecule has 0 unspecified atom stereocenters. The summed E-state index contributed by atoms with van der Waals surface area (Å²) in [5.41, 5.74) is 2.53. The Bertz CT molecular complexity index is 962. The summed E-state index contributed by atoms with van der Waals surface area (Å²) in [6, 6.07) is 15.9. The molecule has 4 rings (SSSR count). The lowest BCUT2D eigenvalue weighted by atomic mass is 10.2. The first-order chi connectivity index (χ1) is 13.0. The lowest BCUT2D eigenvalue weighted by Gasteiger charge is -2.19. The molecule has 0 saturated heterocycles. The monoisotopic (exact) mass is 383 g/mol. The van der Waals surface area contributed by atoms with E-state index in [1.807, 2.05) is 36.4 Å². The van der Waals surface area contributed by atoms with Gasteiger partial charge in [0.25, 0.3) is 5.91 Å². The van der Waals surface area contributed by atoms with E-state index >= 15 is 0 Å². The van der Waals surface area contributed by atoms with Crippen molar-refractivity contribution in [2.24, 2.45) is 0 Å². The summed E-state index contributed by atoms with van der Waals surface area (Å²) in [5.74, 6) is -0.220. The molecular formula is C21H19ClFN3O. The SMILES string of the molecule is CN(Cc1c(F)cccc1Cl)C(=O)c1cc(C2CC2)nn1-c1ccccc1. The van der Waals surface area contributed by atoms with Crippen LogP contribution < -0.4 is 0 Å². The van der Waals surface area contributed by atoms with Gasteiger partial charge in [-0.3, -0.25) is 4.79 Å². The molecule has 0 spiro atoms. The van der Waals surface area contributed by atoms with E-state index in [0.717, 1.165) is 24.2 Å². The van der Waals surface area contributed by atoms with Crippen LogP contribution in [0.4, 0.5) is 4.39 Å². The van der Waals surface area contributed by atoms with Crippen molar-refractivity contribution < 1.29 is 9.18 Å². The number of para-hydroxylation sites is 1. The number of rotatable bonds is 5. The van der Waals surface area contributed by atoms with Crippen LogP contribution in [0.25, 0.3) is 5.69 Å². The van der Waals surface area contributed by atoms with Gasteiger partial charge in [0.1, 0.15) is 11.5 Å². The lowest BCUT2D eigenvalue weighted by molar-refractivity contribution is 0.0775. The van der Waals surface area contributed by atoms with Crippen LogP contribution in [0.3, 0.4) is 0 Å². The topological polar surface area (TPSA) is 38.1 Å². The molecule has 2 aromatic carbocycles. The Balaban J connectivity index is 1.66. The van der Waals surface area contributed by atoms with E-state index in [9.17, 15) is 9.18 Å². The number of aromatic nitrogens is 2. The molecule has 138 valence electrons. The zero-order valence-corrected chi connectivity index (χ0v) is 15.7.